The van der Waals surface area contributed by atoms with Crippen LogP contribution >= 0.6 is 0 Å². The smallest absolute Gasteiger partial charge is 0.263 e. The number of rotatable bonds is 2. The first-order chi connectivity index (χ1) is 8.01. The van der Waals surface area contributed by atoms with Crippen molar-refractivity contribution in [2.24, 2.45) is 16.5 Å². The Morgan fingerprint density at radius 3 is 2.76 bits per heavy atom. The summed E-state index contributed by atoms with van der Waals surface area (Å²) >= 11 is 0. The van der Waals surface area contributed by atoms with E-state index in [1.165, 1.54) is 24.4 Å². The van der Waals surface area contributed by atoms with Crippen LogP contribution in [0.2, 0.25) is 0 Å². The van der Waals surface area contributed by atoms with E-state index in [0.717, 1.165) is 0 Å². The molecule has 90 valence electrons. The largest absolute Gasteiger partial charge is 0.384 e. The van der Waals surface area contributed by atoms with E-state index >= 15 is 0 Å². The van der Waals surface area contributed by atoms with Crippen LogP contribution in [-0.4, -0.2) is 5.84 Å². The van der Waals surface area contributed by atoms with Gasteiger partial charge in [-0.25, -0.2) is 13.8 Å². The predicted molar refractivity (Wildman–Crippen MR) is 61.2 cm³/mol. The monoisotopic (exact) mass is 238 g/mol. The summed E-state index contributed by atoms with van der Waals surface area (Å²) in [6, 6.07) is 5.78. The summed E-state index contributed by atoms with van der Waals surface area (Å²) in [6.07, 6.45) is 0.540. The Kier molecular flexibility index (Phi) is 2.81. The van der Waals surface area contributed by atoms with Crippen LogP contribution in [0.4, 0.5) is 8.78 Å². The van der Waals surface area contributed by atoms with Crippen LogP contribution in [0, 0.1) is 0 Å². The summed E-state index contributed by atoms with van der Waals surface area (Å²) in [5.74, 6) is -1.04. The quantitative estimate of drug-likeness (QED) is 0.723. The molecule has 5 N–H and O–H groups in total. The average Bonchev–Trinajstić information content (AvgIpc) is 2.29. The predicted octanol–water partition coefficient (Wildman–Crippen LogP) is 1.17. The van der Waals surface area contributed by atoms with E-state index in [1.807, 2.05) is 0 Å². The Balaban J connectivity index is 2.40. The molecule has 0 radical (unpaired) electrons. The highest BCUT2D eigenvalue weighted by Crippen LogP contribution is 2.25. The zero-order valence-electron chi connectivity index (χ0n) is 8.90. The van der Waals surface area contributed by atoms with E-state index in [2.05, 4.69) is 10.3 Å². The third-order valence-electron chi connectivity index (χ3n) is 2.44. The van der Waals surface area contributed by atoms with E-state index in [9.17, 15) is 8.78 Å². The van der Waals surface area contributed by atoms with Gasteiger partial charge in [-0.1, -0.05) is 18.2 Å². The lowest BCUT2D eigenvalue weighted by molar-refractivity contribution is 0.151. The molecule has 1 unspecified atom stereocenters. The number of hydrogen-bond donors (Lipinski definition) is 3. The van der Waals surface area contributed by atoms with Crippen molar-refractivity contribution in [3.63, 3.8) is 0 Å². The van der Waals surface area contributed by atoms with Gasteiger partial charge in [-0.3, -0.25) is 5.73 Å². The number of aliphatic imine (C=N–C) groups is 1. The fraction of sp³-hybridized carbons (Fsp3) is 0.182. The van der Waals surface area contributed by atoms with Crippen molar-refractivity contribution in [2.45, 2.75) is 12.2 Å². The fourth-order valence-corrected chi connectivity index (χ4v) is 1.59. The molecule has 6 heteroatoms. The molecule has 17 heavy (non-hydrogen) atoms. The van der Waals surface area contributed by atoms with Gasteiger partial charge in [0, 0.05) is 17.3 Å². The Labute approximate surface area is 97.0 Å². The number of alkyl halides is 2. The second kappa shape index (κ2) is 4.14. The number of halogens is 2. The van der Waals surface area contributed by atoms with Crippen LogP contribution in [0.5, 0.6) is 0 Å². The fourth-order valence-electron chi connectivity index (χ4n) is 1.59. The van der Waals surface area contributed by atoms with Crippen LogP contribution in [0.15, 0.2) is 41.5 Å². The van der Waals surface area contributed by atoms with E-state index in [-0.39, 0.29) is 11.4 Å². The standard InChI is InChI=1S/C11H12F2N4/c12-10(13)7-2-1-3-8(6-7)11(15)16-5-4-9(14)17-11/h1-6,10,16H,15H2,(H2,14,17). The third-order valence-corrected chi connectivity index (χ3v) is 2.44. The third kappa shape index (κ3) is 2.26. The summed E-state index contributed by atoms with van der Waals surface area (Å²) in [7, 11) is 0. The number of nitrogens with two attached hydrogens (primary N) is 2. The van der Waals surface area contributed by atoms with Crippen molar-refractivity contribution >= 4 is 5.84 Å². The van der Waals surface area contributed by atoms with Crippen LogP contribution in [0.1, 0.15) is 17.6 Å². The first-order valence-electron chi connectivity index (χ1n) is 4.98. The van der Waals surface area contributed by atoms with E-state index < -0.39 is 12.2 Å². The number of hydrogen-bond acceptors (Lipinski definition) is 4. The van der Waals surface area contributed by atoms with Crippen molar-refractivity contribution in [1.29, 1.82) is 0 Å². The van der Waals surface area contributed by atoms with Gasteiger partial charge < -0.3 is 11.1 Å². The van der Waals surface area contributed by atoms with Gasteiger partial charge in [-0.2, -0.15) is 0 Å². The van der Waals surface area contributed by atoms with Gasteiger partial charge in [0.2, 0.25) is 5.79 Å². The molecule has 0 aromatic heterocycles. The lowest BCUT2D eigenvalue weighted by Crippen LogP contribution is -2.49. The van der Waals surface area contributed by atoms with Crippen molar-refractivity contribution in [1.82, 2.24) is 5.32 Å². The Morgan fingerprint density at radius 1 is 1.35 bits per heavy atom. The molecule has 0 fully saturated rings. The zero-order chi connectivity index (χ0) is 12.5. The Hall–Kier alpha value is -1.95. The zero-order valence-corrected chi connectivity index (χ0v) is 8.90. The van der Waals surface area contributed by atoms with E-state index in [1.54, 1.807) is 12.1 Å². The van der Waals surface area contributed by atoms with Crippen molar-refractivity contribution in [2.75, 3.05) is 0 Å². The molecule has 1 aromatic carbocycles. The molecular weight excluding hydrogens is 226 g/mol. The topological polar surface area (TPSA) is 76.4 Å². The number of nitrogens with zero attached hydrogens (tertiary/aromatic N) is 1. The molecule has 0 spiro atoms. The van der Waals surface area contributed by atoms with Crippen molar-refractivity contribution < 1.29 is 8.78 Å². The number of nitrogens with one attached hydrogen (secondary N) is 1. The second-order valence-electron chi connectivity index (χ2n) is 3.71. The maximum Gasteiger partial charge on any atom is 0.263 e. The van der Waals surface area contributed by atoms with Gasteiger partial charge in [-0.05, 0) is 12.1 Å². The molecule has 2 rings (SSSR count). The highest BCUT2D eigenvalue weighted by Gasteiger charge is 2.27. The Morgan fingerprint density at radius 2 is 2.12 bits per heavy atom. The van der Waals surface area contributed by atoms with Gasteiger partial charge in [0.05, 0.1) is 0 Å². The van der Waals surface area contributed by atoms with Gasteiger partial charge in [-0.15, -0.1) is 0 Å². The van der Waals surface area contributed by atoms with E-state index in [0.29, 0.717) is 5.56 Å². The van der Waals surface area contributed by atoms with Gasteiger partial charge in [0.1, 0.15) is 5.84 Å². The lowest BCUT2D eigenvalue weighted by atomic mass is 10.0. The molecule has 0 aliphatic carbocycles. The van der Waals surface area contributed by atoms with Crippen LogP contribution in [0.3, 0.4) is 0 Å². The lowest BCUT2D eigenvalue weighted by Gasteiger charge is -2.29. The number of benzene rings is 1. The molecule has 0 saturated carbocycles. The van der Waals surface area contributed by atoms with Crippen LogP contribution in [-0.2, 0) is 5.79 Å². The average molecular weight is 238 g/mol. The number of amidine groups is 1. The summed E-state index contributed by atoms with van der Waals surface area (Å²) < 4.78 is 25.2. The summed E-state index contributed by atoms with van der Waals surface area (Å²) in [5, 5.41) is 2.79. The van der Waals surface area contributed by atoms with Crippen LogP contribution < -0.4 is 16.8 Å². The molecule has 1 aliphatic rings. The highest BCUT2D eigenvalue weighted by atomic mass is 19.3. The minimum atomic E-state index is -2.54. The second-order valence-corrected chi connectivity index (χ2v) is 3.71. The molecule has 1 aliphatic heterocycles. The molecular formula is C11H12F2N4. The summed E-state index contributed by atoms with van der Waals surface area (Å²) in [4.78, 5) is 4.01. The maximum atomic E-state index is 12.6. The first-order valence-corrected chi connectivity index (χ1v) is 4.98. The maximum absolute atomic E-state index is 12.6. The molecule has 0 bridgehead atoms. The SMILES string of the molecule is NC1=NC(N)(c2cccc(C(F)F)c2)NC=C1. The van der Waals surface area contributed by atoms with Crippen molar-refractivity contribution in [3.8, 4) is 0 Å². The molecule has 0 saturated heterocycles. The normalized spacial score (nSPS) is 23.4. The highest BCUT2D eigenvalue weighted by molar-refractivity contribution is 5.92. The molecule has 1 aromatic rings. The molecule has 0 amide bonds. The van der Waals surface area contributed by atoms with Gasteiger partial charge in [0.15, 0.2) is 0 Å². The van der Waals surface area contributed by atoms with Gasteiger partial charge >= 0.3 is 0 Å². The van der Waals surface area contributed by atoms with E-state index in [4.69, 9.17) is 11.5 Å². The van der Waals surface area contributed by atoms with Crippen LogP contribution in [0.25, 0.3) is 0 Å². The van der Waals surface area contributed by atoms with Gasteiger partial charge in [0.25, 0.3) is 6.43 Å². The van der Waals surface area contributed by atoms with Crippen molar-refractivity contribution in [3.05, 3.63) is 47.7 Å². The summed E-state index contributed by atoms with van der Waals surface area (Å²) in [6.45, 7) is 0. The minimum absolute atomic E-state index is 0.0996. The molecule has 4 nitrogen and oxygen atoms in total. The first kappa shape index (κ1) is 11.5. The Bertz CT molecular complexity index is 484. The minimum Gasteiger partial charge on any atom is -0.384 e. The molecule has 1 heterocycles. The molecule has 1 atom stereocenters. The summed E-state index contributed by atoms with van der Waals surface area (Å²) in [5.41, 5.74) is 11.8.